The lowest BCUT2D eigenvalue weighted by atomic mass is 10.0. The first kappa shape index (κ1) is 15.4. The molecular formula is C13H17BrO3S. The third-order valence-electron chi connectivity index (χ3n) is 2.95. The van der Waals surface area contributed by atoms with Crippen LogP contribution in [-0.4, -0.2) is 23.6 Å². The first-order valence-corrected chi connectivity index (χ1v) is 8.25. The Balaban J connectivity index is 3.31. The summed E-state index contributed by atoms with van der Waals surface area (Å²) in [6, 6.07) is 6.97. The summed E-state index contributed by atoms with van der Waals surface area (Å²) in [4.78, 5) is 12.4. The van der Waals surface area contributed by atoms with Crippen LogP contribution in [-0.2, 0) is 9.84 Å². The minimum atomic E-state index is -3.50. The molecule has 0 saturated heterocycles. The standard InChI is InChI=1S/C13H17BrO3S/c1-4-13(14,18(16,17)5-2)12(15)11-8-6-7-10(3)9-11/h6-9H,4-5H2,1-3H3/t13-/m0/s1. The second-order valence-electron chi connectivity index (χ2n) is 4.18. The number of rotatable bonds is 5. The topological polar surface area (TPSA) is 51.2 Å². The van der Waals surface area contributed by atoms with E-state index in [0.717, 1.165) is 5.56 Å². The first-order valence-electron chi connectivity index (χ1n) is 5.81. The zero-order chi connectivity index (χ0) is 14.0. The number of benzene rings is 1. The van der Waals surface area contributed by atoms with Crippen LogP contribution in [0.2, 0.25) is 0 Å². The fourth-order valence-electron chi connectivity index (χ4n) is 1.75. The predicted molar refractivity (Wildman–Crippen MR) is 76.9 cm³/mol. The zero-order valence-electron chi connectivity index (χ0n) is 10.7. The number of alkyl halides is 1. The highest BCUT2D eigenvalue weighted by Gasteiger charge is 2.45. The van der Waals surface area contributed by atoms with Crippen molar-refractivity contribution in [3.8, 4) is 0 Å². The van der Waals surface area contributed by atoms with Gasteiger partial charge in [0.05, 0.1) is 0 Å². The van der Waals surface area contributed by atoms with Crippen LogP contribution in [0.4, 0.5) is 0 Å². The van der Waals surface area contributed by atoms with Crippen molar-refractivity contribution in [2.24, 2.45) is 0 Å². The molecule has 3 nitrogen and oxygen atoms in total. The molecule has 0 aliphatic heterocycles. The molecule has 100 valence electrons. The summed E-state index contributed by atoms with van der Waals surface area (Å²) in [7, 11) is -3.50. The predicted octanol–water partition coefficient (Wildman–Crippen LogP) is 3.11. The van der Waals surface area contributed by atoms with Crippen LogP contribution >= 0.6 is 15.9 Å². The number of carbonyl (C=O) groups is 1. The number of aryl methyl sites for hydroxylation is 1. The average molecular weight is 333 g/mol. The Morgan fingerprint density at radius 3 is 2.39 bits per heavy atom. The number of carbonyl (C=O) groups excluding carboxylic acids is 1. The normalized spacial score (nSPS) is 15.1. The molecular weight excluding hydrogens is 316 g/mol. The van der Waals surface area contributed by atoms with Gasteiger partial charge >= 0.3 is 0 Å². The van der Waals surface area contributed by atoms with Crippen LogP contribution in [0, 0.1) is 6.92 Å². The fraction of sp³-hybridized carbons (Fsp3) is 0.462. The van der Waals surface area contributed by atoms with E-state index >= 15 is 0 Å². The summed E-state index contributed by atoms with van der Waals surface area (Å²) < 4.78 is 22.7. The molecule has 5 heteroatoms. The van der Waals surface area contributed by atoms with Crippen molar-refractivity contribution in [1.29, 1.82) is 0 Å². The second-order valence-corrected chi connectivity index (χ2v) is 8.57. The van der Waals surface area contributed by atoms with Crippen molar-refractivity contribution in [1.82, 2.24) is 0 Å². The molecule has 0 aliphatic carbocycles. The van der Waals surface area contributed by atoms with Gasteiger partial charge in [0.25, 0.3) is 0 Å². The lowest BCUT2D eigenvalue weighted by molar-refractivity contribution is 0.0976. The highest BCUT2D eigenvalue weighted by atomic mass is 79.9. The molecule has 0 amide bonds. The Hall–Kier alpha value is -0.680. The Morgan fingerprint density at radius 1 is 1.33 bits per heavy atom. The molecule has 1 rings (SSSR count). The van der Waals surface area contributed by atoms with Gasteiger partial charge in [0.15, 0.2) is 19.3 Å². The van der Waals surface area contributed by atoms with Gasteiger partial charge < -0.3 is 0 Å². The Bertz CT molecular complexity index is 551. The molecule has 0 heterocycles. The van der Waals surface area contributed by atoms with E-state index in [-0.39, 0.29) is 12.2 Å². The van der Waals surface area contributed by atoms with Crippen LogP contribution in [0.5, 0.6) is 0 Å². The van der Waals surface area contributed by atoms with Crippen molar-refractivity contribution in [2.75, 3.05) is 5.75 Å². The van der Waals surface area contributed by atoms with Crippen molar-refractivity contribution < 1.29 is 13.2 Å². The maximum Gasteiger partial charge on any atom is 0.194 e. The van der Waals surface area contributed by atoms with E-state index in [4.69, 9.17) is 0 Å². The Labute approximate surface area is 117 Å². The van der Waals surface area contributed by atoms with Crippen molar-refractivity contribution in [3.63, 3.8) is 0 Å². The Kier molecular flexibility index (Phi) is 4.72. The minimum Gasteiger partial charge on any atom is -0.291 e. The quantitative estimate of drug-likeness (QED) is 0.614. The van der Waals surface area contributed by atoms with Crippen LogP contribution in [0.3, 0.4) is 0 Å². The molecule has 0 unspecified atom stereocenters. The van der Waals surface area contributed by atoms with Gasteiger partial charge in [0.1, 0.15) is 0 Å². The maximum absolute atomic E-state index is 12.4. The lowest BCUT2D eigenvalue weighted by Crippen LogP contribution is -2.41. The number of ketones is 1. The third-order valence-corrected chi connectivity index (χ3v) is 7.57. The van der Waals surface area contributed by atoms with Crippen LogP contribution < -0.4 is 0 Å². The van der Waals surface area contributed by atoms with Crippen LogP contribution in [0.15, 0.2) is 24.3 Å². The summed E-state index contributed by atoms with van der Waals surface area (Å²) in [5.74, 6) is -0.459. The molecule has 1 aromatic rings. The van der Waals surface area contributed by atoms with E-state index in [1.54, 1.807) is 32.0 Å². The SMILES string of the molecule is CC[C@@](Br)(C(=O)c1cccc(C)c1)S(=O)(=O)CC. The van der Waals surface area contributed by atoms with Crippen LogP contribution in [0.1, 0.15) is 36.2 Å². The molecule has 0 aliphatic rings. The largest absolute Gasteiger partial charge is 0.291 e. The number of sulfone groups is 1. The minimum absolute atomic E-state index is 0.0658. The molecule has 0 N–H and O–H groups in total. The summed E-state index contributed by atoms with van der Waals surface area (Å²) in [5.41, 5.74) is 1.35. The van der Waals surface area contributed by atoms with Gasteiger partial charge in [-0.2, -0.15) is 0 Å². The molecule has 0 radical (unpaired) electrons. The smallest absolute Gasteiger partial charge is 0.194 e. The second kappa shape index (κ2) is 5.53. The summed E-state index contributed by atoms with van der Waals surface area (Å²) in [5, 5.41) is 0. The van der Waals surface area contributed by atoms with Crippen LogP contribution in [0.25, 0.3) is 0 Å². The van der Waals surface area contributed by atoms with Gasteiger partial charge in [-0.25, -0.2) is 8.42 Å². The number of hydrogen-bond donors (Lipinski definition) is 0. The van der Waals surface area contributed by atoms with E-state index in [9.17, 15) is 13.2 Å². The van der Waals surface area contributed by atoms with E-state index in [2.05, 4.69) is 15.9 Å². The van der Waals surface area contributed by atoms with Crippen molar-refractivity contribution in [2.45, 2.75) is 30.8 Å². The molecule has 0 bridgehead atoms. The molecule has 1 aromatic carbocycles. The summed E-state index contributed by atoms with van der Waals surface area (Å²) in [6.07, 6.45) is 0.204. The van der Waals surface area contributed by atoms with E-state index in [1.165, 1.54) is 0 Å². The highest BCUT2D eigenvalue weighted by molar-refractivity contribution is 9.12. The fourth-order valence-corrected chi connectivity index (χ4v) is 3.97. The average Bonchev–Trinajstić information content (AvgIpc) is 2.36. The van der Waals surface area contributed by atoms with E-state index in [1.807, 2.05) is 13.0 Å². The third kappa shape index (κ3) is 2.67. The van der Waals surface area contributed by atoms with Gasteiger partial charge in [-0.1, -0.05) is 53.5 Å². The zero-order valence-corrected chi connectivity index (χ0v) is 13.1. The van der Waals surface area contributed by atoms with E-state index in [0.29, 0.717) is 5.56 Å². The molecule has 1 atom stereocenters. The highest BCUT2D eigenvalue weighted by Crippen LogP contribution is 2.34. The monoisotopic (exact) mass is 332 g/mol. The van der Waals surface area contributed by atoms with Crippen molar-refractivity contribution >= 4 is 31.6 Å². The summed E-state index contributed by atoms with van der Waals surface area (Å²) >= 11 is 3.16. The lowest BCUT2D eigenvalue weighted by Gasteiger charge is -2.24. The van der Waals surface area contributed by atoms with Crippen molar-refractivity contribution in [3.05, 3.63) is 35.4 Å². The van der Waals surface area contributed by atoms with Gasteiger partial charge in [-0.15, -0.1) is 0 Å². The maximum atomic E-state index is 12.4. The number of Topliss-reactive ketones (excluding diaryl/α,β-unsaturated/α-hetero) is 1. The Morgan fingerprint density at radius 2 is 1.94 bits per heavy atom. The molecule has 0 saturated carbocycles. The van der Waals surface area contributed by atoms with Gasteiger partial charge in [-0.3, -0.25) is 4.79 Å². The number of halogens is 1. The van der Waals surface area contributed by atoms with Gasteiger partial charge in [0.2, 0.25) is 0 Å². The first-order chi connectivity index (χ1) is 8.28. The van der Waals surface area contributed by atoms with E-state index < -0.39 is 19.3 Å². The number of hydrogen-bond acceptors (Lipinski definition) is 3. The molecule has 0 fully saturated rings. The summed E-state index contributed by atoms with van der Waals surface area (Å²) in [6.45, 7) is 5.10. The molecule has 0 aromatic heterocycles. The molecule has 18 heavy (non-hydrogen) atoms. The van der Waals surface area contributed by atoms with Gasteiger partial charge in [-0.05, 0) is 19.4 Å². The van der Waals surface area contributed by atoms with Gasteiger partial charge in [0, 0.05) is 11.3 Å². The molecule has 0 spiro atoms.